The fourth-order valence-electron chi connectivity index (χ4n) is 1.60. The van der Waals surface area contributed by atoms with Crippen molar-refractivity contribution in [2.24, 2.45) is 0 Å². The Labute approximate surface area is 98.6 Å². The average molecular weight is 265 g/mol. The van der Waals surface area contributed by atoms with Gasteiger partial charge in [-0.1, -0.05) is 42.5 Å². The van der Waals surface area contributed by atoms with E-state index in [0.717, 1.165) is 6.42 Å². The topological polar surface area (TPSA) is 9.23 Å². The van der Waals surface area contributed by atoms with Crippen LogP contribution in [0.1, 0.15) is 12.0 Å². The second kappa shape index (κ2) is 4.33. The molecule has 0 saturated carbocycles. The molecule has 0 fully saturated rings. The molecule has 1 aromatic rings. The lowest BCUT2D eigenvalue weighted by Gasteiger charge is -2.24. The smallest absolute Gasteiger partial charge is 0.144 e. The lowest BCUT2D eigenvalue weighted by Crippen LogP contribution is -2.20. The molecule has 2 heteroatoms. The highest BCUT2D eigenvalue weighted by Crippen LogP contribution is 2.33. The van der Waals surface area contributed by atoms with Crippen LogP contribution in [0.5, 0.6) is 0 Å². The van der Waals surface area contributed by atoms with Gasteiger partial charge < -0.3 is 4.74 Å². The number of hydrogen-bond donors (Lipinski definition) is 0. The van der Waals surface area contributed by atoms with Crippen LogP contribution in [0, 0.1) is 0 Å². The number of hydrogen-bond acceptors (Lipinski definition) is 1. The number of halogens is 1. The zero-order valence-corrected chi connectivity index (χ0v) is 10.2. The minimum absolute atomic E-state index is 0.314. The molecule has 1 atom stereocenters. The normalized spacial score (nSPS) is 25.1. The molecule has 0 aromatic heterocycles. The summed E-state index contributed by atoms with van der Waals surface area (Å²) in [4.78, 5) is 0. The molecule has 1 aliphatic rings. The van der Waals surface area contributed by atoms with Gasteiger partial charge in [-0.05, 0) is 33.1 Å². The van der Waals surface area contributed by atoms with E-state index in [2.05, 4.69) is 58.4 Å². The van der Waals surface area contributed by atoms with Gasteiger partial charge in [-0.25, -0.2) is 0 Å². The Morgan fingerprint density at radius 3 is 2.53 bits per heavy atom. The Morgan fingerprint density at radius 2 is 2.00 bits per heavy atom. The number of rotatable bonds is 2. The molecule has 78 valence electrons. The summed E-state index contributed by atoms with van der Waals surface area (Å²) in [5.74, 6) is 0. The summed E-state index contributed by atoms with van der Waals surface area (Å²) in [5, 5.41) is 0. The Balaban J connectivity index is 2.20. The molecule has 1 aromatic carbocycles. The van der Waals surface area contributed by atoms with Crippen molar-refractivity contribution in [2.45, 2.75) is 10.9 Å². The summed E-state index contributed by atoms with van der Waals surface area (Å²) < 4.78 is 5.03. The number of methoxy groups -OCH3 is 1. The Morgan fingerprint density at radius 1 is 1.27 bits per heavy atom. The van der Waals surface area contributed by atoms with Crippen molar-refractivity contribution in [3.05, 3.63) is 54.1 Å². The van der Waals surface area contributed by atoms with Gasteiger partial charge in [0.2, 0.25) is 0 Å². The molecular formula is C13H13BrO. The van der Waals surface area contributed by atoms with Crippen LogP contribution in [0.2, 0.25) is 0 Å². The van der Waals surface area contributed by atoms with Gasteiger partial charge in [-0.3, -0.25) is 0 Å². The van der Waals surface area contributed by atoms with E-state index in [-0.39, 0.29) is 4.51 Å². The van der Waals surface area contributed by atoms with Crippen molar-refractivity contribution >= 4 is 21.5 Å². The maximum atomic E-state index is 5.35. The zero-order chi connectivity index (χ0) is 10.7. The Hall–Kier alpha value is -0.860. The van der Waals surface area contributed by atoms with Gasteiger partial charge in [-0.2, -0.15) is 0 Å². The summed E-state index contributed by atoms with van der Waals surface area (Å²) in [6.07, 6.45) is 7.18. The van der Waals surface area contributed by atoms with E-state index in [1.165, 1.54) is 11.1 Å². The van der Waals surface area contributed by atoms with E-state index < -0.39 is 0 Å². The fourth-order valence-corrected chi connectivity index (χ4v) is 1.89. The standard InChI is InChI=1S/C13H13BrO/c1-15-13(14)9-7-12(8-10-13)11-5-3-2-4-6-11/h2-9H,10H2,1H3. The molecule has 0 radical (unpaired) electrons. The monoisotopic (exact) mass is 264 g/mol. The molecule has 0 spiro atoms. The van der Waals surface area contributed by atoms with Crippen molar-refractivity contribution in [2.75, 3.05) is 7.11 Å². The van der Waals surface area contributed by atoms with Gasteiger partial charge in [-0.15, -0.1) is 0 Å². The minimum Gasteiger partial charge on any atom is -0.363 e. The molecule has 15 heavy (non-hydrogen) atoms. The van der Waals surface area contributed by atoms with Crippen LogP contribution < -0.4 is 0 Å². The second-order valence-corrected chi connectivity index (χ2v) is 4.90. The number of allylic oxidation sites excluding steroid dienone is 2. The predicted molar refractivity (Wildman–Crippen MR) is 66.8 cm³/mol. The highest BCUT2D eigenvalue weighted by molar-refractivity contribution is 9.10. The third-order valence-corrected chi connectivity index (χ3v) is 3.47. The van der Waals surface area contributed by atoms with Gasteiger partial charge >= 0.3 is 0 Å². The second-order valence-electron chi connectivity index (χ2n) is 3.55. The van der Waals surface area contributed by atoms with Crippen LogP contribution in [0.4, 0.5) is 0 Å². The molecule has 0 saturated heterocycles. The molecule has 0 bridgehead atoms. The molecule has 1 nitrogen and oxygen atoms in total. The molecule has 0 N–H and O–H groups in total. The first-order chi connectivity index (χ1) is 7.23. The van der Waals surface area contributed by atoms with Crippen LogP contribution in [0.25, 0.3) is 5.57 Å². The minimum atomic E-state index is -0.314. The fraction of sp³-hybridized carbons (Fsp3) is 0.231. The quantitative estimate of drug-likeness (QED) is 0.740. The SMILES string of the molecule is COC1(Br)C=CC(c2ccccc2)=CC1. The number of ether oxygens (including phenoxy) is 1. The van der Waals surface area contributed by atoms with Gasteiger partial charge in [0.05, 0.1) is 0 Å². The first-order valence-corrected chi connectivity index (χ1v) is 5.72. The molecule has 1 unspecified atom stereocenters. The van der Waals surface area contributed by atoms with Crippen LogP contribution >= 0.6 is 15.9 Å². The largest absolute Gasteiger partial charge is 0.363 e. The van der Waals surface area contributed by atoms with Gasteiger partial charge in [0, 0.05) is 13.5 Å². The van der Waals surface area contributed by atoms with E-state index in [4.69, 9.17) is 4.74 Å². The molecule has 0 amide bonds. The maximum absolute atomic E-state index is 5.35. The third kappa shape index (κ3) is 2.39. The van der Waals surface area contributed by atoms with Crippen molar-refractivity contribution in [3.63, 3.8) is 0 Å². The molecule has 0 aliphatic heterocycles. The molecule has 1 aliphatic carbocycles. The highest BCUT2D eigenvalue weighted by atomic mass is 79.9. The van der Waals surface area contributed by atoms with E-state index >= 15 is 0 Å². The number of alkyl halides is 1. The van der Waals surface area contributed by atoms with Crippen molar-refractivity contribution in [3.8, 4) is 0 Å². The summed E-state index contributed by atoms with van der Waals surface area (Å²) in [7, 11) is 1.71. The van der Waals surface area contributed by atoms with Crippen LogP contribution in [-0.2, 0) is 4.74 Å². The summed E-state index contributed by atoms with van der Waals surface area (Å²) in [6.45, 7) is 0. The predicted octanol–water partition coefficient (Wildman–Crippen LogP) is 3.77. The molecule has 2 rings (SSSR count). The van der Waals surface area contributed by atoms with Gasteiger partial charge in [0.1, 0.15) is 4.51 Å². The van der Waals surface area contributed by atoms with E-state index in [9.17, 15) is 0 Å². The first kappa shape index (κ1) is 10.7. The summed E-state index contributed by atoms with van der Waals surface area (Å²) in [5.41, 5.74) is 2.50. The first-order valence-electron chi connectivity index (χ1n) is 4.92. The summed E-state index contributed by atoms with van der Waals surface area (Å²) >= 11 is 3.54. The third-order valence-electron chi connectivity index (χ3n) is 2.56. The van der Waals surface area contributed by atoms with E-state index in [0.29, 0.717) is 0 Å². The van der Waals surface area contributed by atoms with Gasteiger partial charge in [0.25, 0.3) is 0 Å². The summed E-state index contributed by atoms with van der Waals surface area (Å²) in [6, 6.07) is 10.4. The molecular weight excluding hydrogens is 252 g/mol. The van der Waals surface area contributed by atoms with E-state index in [1.54, 1.807) is 7.11 Å². The van der Waals surface area contributed by atoms with Crippen LogP contribution in [0.15, 0.2) is 48.6 Å². The lowest BCUT2D eigenvalue weighted by atomic mass is 9.98. The van der Waals surface area contributed by atoms with Gasteiger partial charge in [0.15, 0.2) is 0 Å². The number of benzene rings is 1. The Kier molecular flexibility index (Phi) is 3.08. The average Bonchev–Trinajstić information content (AvgIpc) is 2.31. The highest BCUT2D eigenvalue weighted by Gasteiger charge is 2.23. The van der Waals surface area contributed by atoms with Crippen LogP contribution in [0.3, 0.4) is 0 Å². The zero-order valence-electron chi connectivity index (χ0n) is 8.61. The van der Waals surface area contributed by atoms with Crippen LogP contribution in [-0.4, -0.2) is 11.6 Å². The Bertz CT molecular complexity index is 394. The molecule has 0 heterocycles. The van der Waals surface area contributed by atoms with Crippen molar-refractivity contribution in [1.82, 2.24) is 0 Å². The van der Waals surface area contributed by atoms with Crippen molar-refractivity contribution < 1.29 is 4.74 Å². The van der Waals surface area contributed by atoms with Crippen molar-refractivity contribution in [1.29, 1.82) is 0 Å². The lowest BCUT2D eigenvalue weighted by molar-refractivity contribution is 0.119. The van der Waals surface area contributed by atoms with E-state index in [1.807, 2.05) is 6.07 Å². The maximum Gasteiger partial charge on any atom is 0.144 e.